The summed E-state index contributed by atoms with van der Waals surface area (Å²) in [5.41, 5.74) is 14.1. The number of halogens is 4. The second-order valence-corrected chi connectivity index (χ2v) is 31.4. The van der Waals surface area contributed by atoms with Crippen LogP contribution in [0.15, 0.2) is 225 Å². The van der Waals surface area contributed by atoms with Crippen molar-refractivity contribution in [2.45, 2.75) is 58.5 Å². The zero-order valence-electron chi connectivity index (χ0n) is 64.5. The third-order valence-electron chi connectivity index (χ3n) is 21.9. The number of hydrogen-bond acceptors (Lipinski definition) is 15. The molecule has 0 radical (unpaired) electrons. The molecule has 120 heavy (non-hydrogen) atoms. The first-order valence-electron chi connectivity index (χ1n) is 37.2. The number of aromatic amines is 3. The average Bonchev–Trinajstić information content (AvgIpc) is 1.60. The van der Waals surface area contributed by atoms with Crippen molar-refractivity contribution in [1.29, 1.82) is 0 Å². The monoisotopic (exact) mass is 1710 g/mol. The van der Waals surface area contributed by atoms with Gasteiger partial charge in [-0.1, -0.05) is 190 Å². The number of nitrogens with zero attached hydrogens (tertiary/aromatic N) is 12. The van der Waals surface area contributed by atoms with Crippen molar-refractivity contribution in [2.75, 3.05) is 0 Å². The lowest BCUT2D eigenvalue weighted by Crippen LogP contribution is -2.41. The molecule has 588 valence electrons. The summed E-state index contributed by atoms with van der Waals surface area (Å²) in [5, 5.41) is 37.3. The van der Waals surface area contributed by atoms with E-state index in [9.17, 15) is 33.6 Å². The van der Waals surface area contributed by atoms with Crippen LogP contribution in [0.5, 0.6) is 0 Å². The van der Waals surface area contributed by atoms with E-state index >= 15 is 0 Å². The molecule has 5 N–H and O–H groups in total. The van der Waals surface area contributed by atoms with Crippen molar-refractivity contribution < 1.29 is 28.5 Å². The predicted octanol–water partition coefficient (Wildman–Crippen LogP) is 17.8. The number of fused-ring (bicyclic) bond motifs is 8. The largest absolute Gasteiger partial charge is 0.494 e. The molecule has 11 aromatic carbocycles. The fourth-order valence-electron chi connectivity index (χ4n) is 15.2. The van der Waals surface area contributed by atoms with Gasteiger partial charge in [-0.25, -0.2) is 29.8 Å². The van der Waals surface area contributed by atoms with Crippen LogP contribution < -0.4 is 27.9 Å². The van der Waals surface area contributed by atoms with E-state index in [-0.39, 0.29) is 46.0 Å². The molecule has 25 nitrogen and oxygen atoms in total. The molecule has 0 atom stereocenters. The molecule has 1 saturated heterocycles. The number of amides is 4. The highest BCUT2D eigenvalue weighted by atomic mass is 79.9. The Balaban J connectivity index is 0.000000126. The predicted molar refractivity (Wildman–Crippen MR) is 468 cm³/mol. The van der Waals surface area contributed by atoms with Crippen LogP contribution in [0.4, 0.5) is 17.1 Å². The van der Waals surface area contributed by atoms with Crippen molar-refractivity contribution in [2.24, 2.45) is 19.8 Å². The number of aromatic nitrogens is 10. The van der Waals surface area contributed by atoms with Gasteiger partial charge in [0.25, 0.3) is 40.3 Å². The molecule has 3 aliphatic heterocycles. The zero-order valence-corrected chi connectivity index (χ0v) is 68.3. The fourth-order valence-corrected chi connectivity index (χ4v) is 16.6. The van der Waals surface area contributed by atoms with Gasteiger partial charge in [0.2, 0.25) is 17.1 Å². The maximum Gasteiger partial charge on any atom is 0.494 e. The van der Waals surface area contributed by atoms with Gasteiger partial charge in [0.15, 0.2) is 0 Å². The summed E-state index contributed by atoms with van der Waals surface area (Å²) in [7, 11) is 2.93. The lowest BCUT2D eigenvalue weighted by molar-refractivity contribution is 0.00578. The molecule has 4 amide bonds. The summed E-state index contributed by atoms with van der Waals surface area (Å²) >= 11 is 23.1. The van der Waals surface area contributed by atoms with Crippen molar-refractivity contribution >= 4 is 169 Å². The number of nitrogens with two attached hydrogens (primary N) is 1. The van der Waals surface area contributed by atoms with Gasteiger partial charge in [0.05, 0.1) is 138 Å². The van der Waals surface area contributed by atoms with Crippen LogP contribution in [0, 0.1) is 19.7 Å². The topological polar surface area (TPSA) is 305 Å². The molecule has 0 aliphatic carbocycles. The summed E-state index contributed by atoms with van der Waals surface area (Å²) in [5.74, 6) is -1.69. The van der Waals surface area contributed by atoms with E-state index in [4.69, 9.17) is 69.6 Å². The quantitative estimate of drug-likeness (QED) is 0.0562. The third kappa shape index (κ3) is 14.1. The number of hydrogen-bond donors (Lipinski definition) is 4. The van der Waals surface area contributed by atoms with E-state index in [1.54, 1.807) is 108 Å². The van der Waals surface area contributed by atoms with Gasteiger partial charge in [-0.15, -0.1) is 0 Å². The molecular formula is C90H63BBrCl3N16O9. The van der Waals surface area contributed by atoms with Crippen LogP contribution >= 0.6 is 50.7 Å². The van der Waals surface area contributed by atoms with Gasteiger partial charge in [0, 0.05) is 63.5 Å². The Morgan fingerprint density at radius 1 is 0.425 bits per heavy atom. The maximum absolute atomic E-state index is 13.1. The first kappa shape index (κ1) is 79.9. The number of nitrogens with one attached hydrogen (secondary N) is 3. The van der Waals surface area contributed by atoms with Crippen molar-refractivity contribution in [1.82, 2.24) is 60.0 Å². The number of aryl methyl sites for hydroxylation is 2. The van der Waals surface area contributed by atoms with Crippen LogP contribution in [-0.4, -0.2) is 102 Å². The van der Waals surface area contributed by atoms with E-state index in [0.717, 1.165) is 69.0 Å². The average molecular weight is 1710 g/mol. The standard InChI is InChI=1S/C32H19ClN6O3.C24H17ClN6O.C23H21BClN3O5.C11H6BrN/c1-34-28-19-8-4-3-7-17(19)11-12-22(28)29-24(15-35-38(29)2)18-13-23-26(36-37-30(40)27(23)25(33)14-18)16-39-31(41)20-9-5-6-10-21(20)32(39)42;1-27-22-15-6-4-3-5-13(15)7-8-16(22)23-18(12-28-31(23)2)14-9-17-20(11-26)29-30-24(32)21(17)19(25)10-14;1-22(2)23(3,4)33-24(32-22)12-9-15-17(26-27-19(29)18(15)16(25)10-12)11-28-20(30)13-7-5-6-8-14(13)21(28)31;1-13-11-9-5-3-2-4-8(9)6-7-10(11)12/h3-15H,16H2,2H3,(H,37,40);3-10,12H,11,26H2,2H3,(H,30,32);5-10H,11H2,1-4H3,(H,27,29);2-7H. The van der Waals surface area contributed by atoms with Crippen molar-refractivity contribution in [3.05, 3.63) is 331 Å². The minimum absolute atomic E-state index is 0.122. The number of rotatable bonds is 10. The van der Waals surface area contributed by atoms with Crippen LogP contribution in [0.1, 0.15) is 86.2 Å². The number of imide groups is 2. The second-order valence-electron chi connectivity index (χ2n) is 29.3. The minimum Gasteiger partial charge on any atom is -0.399 e. The minimum atomic E-state index is -0.705. The first-order valence-corrected chi connectivity index (χ1v) is 39.1. The van der Waals surface area contributed by atoms with Gasteiger partial charge in [-0.2, -0.15) is 25.5 Å². The van der Waals surface area contributed by atoms with Gasteiger partial charge in [-0.05, 0) is 131 Å². The van der Waals surface area contributed by atoms with Crippen LogP contribution in [0.25, 0.3) is 124 Å². The molecule has 0 saturated carbocycles. The third-order valence-corrected chi connectivity index (χ3v) is 23.4. The van der Waals surface area contributed by atoms with Gasteiger partial charge in [0.1, 0.15) is 0 Å². The van der Waals surface area contributed by atoms with E-state index in [0.29, 0.717) is 111 Å². The molecule has 19 rings (SSSR count). The van der Waals surface area contributed by atoms with Gasteiger partial charge < -0.3 is 15.0 Å². The smallest absolute Gasteiger partial charge is 0.399 e. The first-order chi connectivity index (χ1) is 57.7. The summed E-state index contributed by atoms with van der Waals surface area (Å²) in [6.45, 7) is 30.5. The molecule has 0 unspecified atom stereocenters. The molecular weight excluding hydrogens is 1650 g/mol. The fraction of sp³-hybridized carbons (Fsp3) is 0.122. The van der Waals surface area contributed by atoms with Gasteiger partial charge >= 0.3 is 7.12 Å². The molecule has 3 aliphatic rings. The van der Waals surface area contributed by atoms with E-state index in [2.05, 4.69) is 71.3 Å². The van der Waals surface area contributed by atoms with Crippen molar-refractivity contribution in [3.8, 4) is 44.8 Å². The molecule has 0 spiro atoms. The Kier molecular flexibility index (Phi) is 21.2. The zero-order chi connectivity index (χ0) is 84.5. The molecule has 0 bridgehead atoms. The van der Waals surface area contributed by atoms with E-state index in [1.807, 2.05) is 150 Å². The van der Waals surface area contributed by atoms with Gasteiger partial charge in [-0.3, -0.25) is 52.7 Å². The summed E-state index contributed by atoms with van der Waals surface area (Å²) in [4.78, 5) is 103. The molecule has 1 fully saturated rings. The molecule has 8 heterocycles. The summed E-state index contributed by atoms with van der Waals surface area (Å²) < 4.78 is 16.6. The Bertz CT molecular complexity index is 7340. The van der Waals surface area contributed by atoms with E-state index < -0.39 is 53.1 Å². The highest BCUT2D eigenvalue weighted by Crippen LogP contribution is 2.46. The lowest BCUT2D eigenvalue weighted by Gasteiger charge is -2.32. The summed E-state index contributed by atoms with van der Waals surface area (Å²) in [6, 6.07) is 58.8. The summed E-state index contributed by atoms with van der Waals surface area (Å²) in [6.07, 6.45) is 3.42. The Morgan fingerprint density at radius 3 is 1.16 bits per heavy atom. The lowest BCUT2D eigenvalue weighted by atomic mass is 9.78. The van der Waals surface area contributed by atoms with Crippen LogP contribution in [-0.2, 0) is 43.0 Å². The maximum atomic E-state index is 13.1. The Hall–Kier alpha value is -13.9. The van der Waals surface area contributed by atoms with Crippen LogP contribution in [0.3, 0.4) is 0 Å². The van der Waals surface area contributed by atoms with Crippen LogP contribution in [0.2, 0.25) is 15.1 Å². The molecule has 16 aromatic rings. The number of H-pyrrole nitrogens is 3. The Morgan fingerprint density at radius 2 is 0.767 bits per heavy atom. The molecule has 5 aromatic heterocycles. The number of carbonyl (C=O) groups is 4. The highest BCUT2D eigenvalue weighted by Gasteiger charge is 2.52. The normalized spacial score (nSPS) is 13.7. The van der Waals surface area contributed by atoms with E-state index in [1.165, 1.54) is 0 Å². The second kappa shape index (κ2) is 31.8. The SMILES string of the molecule is CC1(C)OB(c2cc(Cl)c3c(=O)[nH]nc(CN4C(=O)c5ccccc5C4=O)c3c2)OC1(C)C.[C-]#[N+]c1c(-c2c(-c3cc(Cl)c4c(=O)[nH]nc(CN)c4c3)cnn2C)ccc2ccccc12.[C-]#[N+]c1c(-c2c(-c3cc(Cl)c4c(=O)[nH]nc(CN5C(=O)c6ccccc6C5=O)c4c3)cnn2C)ccc2ccccc12.[C-]#[N+]c1c(Br)ccc2ccccc12. The van der Waals surface area contributed by atoms with Crippen molar-refractivity contribution in [3.63, 3.8) is 0 Å². The highest BCUT2D eigenvalue weighted by molar-refractivity contribution is 9.10. The number of benzene rings is 11. The number of carbonyl (C=O) groups excluding carboxylic acids is 4. The Labute approximate surface area is 706 Å². The molecule has 30 heteroatoms.